The molecular formula is C73H106F6N12O17. The van der Waals surface area contributed by atoms with Gasteiger partial charge in [-0.1, -0.05) is 139 Å². The molecule has 0 aromatic heterocycles. The van der Waals surface area contributed by atoms with Crippen LogP contribution in [0.4, 0.5) is 31.1 Å². The molecule has 3 aromatic rings. The molecule has 0 saturated carbocycles. The summed E-state index contributed by atoms with van der Waals surface area (Å²) in [6.07, 6.45) is -15.5. The normalized spacial score (nSPS) is 14.8. The predicted octanol–water partition coefficient (Wildman–Crippen LogP) is 4.92. The van der Waals surface area contributed by atoms with E-state index in [-0.39, 0.29) is 37.7 Å². The number of ether oxygens (including phenoxy) is 3. The molecule has 0 fully saturated rings. The fourth-order valence-electron chi connectivity index (χ4n) is 10.4. The molecule has 3 aromatic carbocycles. The number of hydrogen-bond acceptors (Lipinski definition) is 17. The zero-order valence-corrected chi connectivity index (χ0v) is 63.6. The maximum absolute atomic E-state index is 14.8. The summed E-state index contributed by atoms with van der Waals surface area (Å²) >= 11 is 0. The molecule has 1 unspecified atom stereocenters. The zero-order valence-electron chi connectivity index (χ0n) is 63.6. The third-order valence-electron chi connectivity index (χ3n) is 15.7. The van der Waals surface area contributed by atoms with Crippen LogP contribution >= 0.6 is 0 Å². The Kier molecular flexibility index (Phi) is 36.8. The standard InChI is InChI=1S/C69H106N12O15.C4F6O2/c1-17-42(6)53(78-57(85)47(34-27-35-72-64(70)71)75-58(86)48(36-40(2)3)76-62(90)55(56(84)41(4)5)80-65(93)96-68(14,15)16)61(89)79-54(43(7)95-67(11,12)13)60(88)73-38-52(83)74-49(59(87)77-50(63(91)92)39-94-66(8,9)10)37-51(82)81-69(44-28-21-18-22-29-44,45-30-23-19-24-31-45)46-32-25-20-26-33-46;5-3(6,7)1(11)2(12)4(8,9)10/h18-26,28-33,40-43,47-50,53-56,84H,17,27,34-39H2,1-16H3,(H,73,88)(H,74,83)(H,75,86)(H,76,90)(H,77,87)(H,78,85)(H,79,89)(H,80,93)(H,81,82)(H,91,92)(H4,70,71,72);/t42-,43-,47+,48-,49-,50-,53?,54-,55-,56+;/m0./s1. The van der Waals surface area contributed by atoms with Crippen molar-refractivity contribution in [2.75, 3.05) is 19.7 Å². The second-order valence-corrected chi connectivity index (χ2v) is 29.3. The van der Waals surface area contributed by atoms with Gasteiger partial charge in [0.15, 0.2) is 12.0 Å². The number of aliphatic imine (C=N–C) groups is 1. The number of nitrogens with zero attached hydrogens (tertiary/aromatic N) is 1. The molecule has 602 valence electrons. The van der Waals surface area contributed by atoms with Crippen molar-refractivity contribution in [2.45, 2.75) is 232 Å². The van der Waals surface area contributed by atoms with Gasteiger partial charge in [0, 0.05) is 6.54 Å². The number of benzene rings is 3. The lowest BCUT2D eigenvalue weighted by atomic mass is 9.77. The number of amides is 9. The number of carbonyl (C=O) groups excluding carboxylic acids is 11. The van der Waals surface area contributed by atoms with Crippen molar-refractivity contribution < 1.29 is 108 Å². The first kappa shape index (κ1) is 94.3. The number of nitrogens with two attached hydrogens (primary N) is 2. The molecule has 0 heterocycles. The number of hydrogen-bond donors (Lipinski definition) is 13. The van der Waals surface area contributed by atoms with Gasteiger partial charge < -0.3 is 83.7 Å². The van der Waals surface area contributed by atoms with E-state index in [1.54, 1.807) is 140 Å². The fourth-order valence-corrected chi connectivity index (χ4v) is 10.4. The Labute approximate surface area is 624 Å². The molecule has 0 saturated heterocycles. The monoisotopic (exact) mass is 1540 g/mol. The number of alkyl halides is 6. The summed E-state index contributed by atoms with van der Waals surface area (Å²) in [7, 11) is 0. The van der Waals surface area contributed by atoms with Crippen LogP contribution < -0.4 is 59.3 Å². The number of ketones is 2. The number of carboxylic acids is 1. The fraction of sp³-hybridized carbons (Fsp3) is 0.575. The van der Waals surface area contributed by atoms with Crippen LogP contribution in [0.15, 0.2) is 96.0 Å². The minimum Gasteiger partial charge on any atom is -0.480 e. The summed E-state index contributed by atoms with van der Waals surface area (Å²) in [6.45, 7) is 25.5. The average molecular weight is 1540 g/mol. The van der Waals surface area contributed by atoms with Gasteiger partial charge >= 0.3 is 36.0 Å². The topological polar surface area (TPSA) is 446 Å². The third-order valence-corrected chi connectivity index (χ3v) is 15.7. The van der Waals surface area contributed by atoms with Crippen LogP contribution in [-0.2, 0) is 72.5 Å². The number of guanidine groups is 1. The molecule has 0 bridgehead atoms. The van der Waals surface area contributed by atoms with Crippen LogP contribution in [-0.4, -0.2) is 190 Å². The second kappa shape index (κ2) is 42.1. The quantitative estimate of drug-likeness (QED) is 0.00909. The third kappa shape index (κ3) is 32.8. The molecule has 3 rings (SSSR count). The largest absolute Gasteiger partial charge is 0.480 e. The maximum Gasteiger partial charge on any atom is 0.458 e. The van der Waals surface area contributed by atoms with Crippen LogP contribution in [0.2, 0.25) is 0 Å². The molecule has 35 heteroatoms. The van der Waals surface area contributed by atoms with E-state index in [1.165, 1.54) is 6.92 Å². The molecule has 10 atom stereocenters. The Bertz CT molecular complexity index is 3410. The number of halogens is 6. The van der Waals surface area contributed by atoms with Gasteiger partial charge in [0.1, 0.15) is 47.4 Å². The molecule has 15 N–H and O–H groups in total. The van der Waals surface area contributed by atoms with Crippen molar-refractivity contribution in [3.63, 3.8) is 0 Å². The Morgan fingerprint density at radius 1 is 0.519 bits per heavy atom. The molecule has 0 spiro atoms. The highest BCUT2D eigenvalue weighted by molar-refractivity contribution is 6.41. The highest BCUT2D eigenvalue weighted by Gasteiger charge is 2.54. The first-order valence-corrected chi connectivity index (χ1v) is 34.8. The Morgan fingerprint density at radius 3 is 1.38 bits per heavy atom. The summed E-state index contributed by atoms with van der Waals surface area (Å²) in [5.41, 5.74) is 9.04. The van der Waals surface area contributed by atoms with Gasteiger partial charge in [-0.15, -0.1) is 0 Å². The second-order valence-electron chi connectivity index (χ2n) is 29.3. The lowest BCUT2D eigenvalue weighted by Gasteiger charge is -2.37. The van der Waals surface area contributed by atoms with Gasteiger partial charge in [-0.05, 0) is 123 Å². The molecule has 0 aliphatic rings. The Hall–Kier alpha value is -9.77. The summed E-state index contributed by atoms with van der Waals surface area (Å²) in [5.74, 6) is -17.2. The van der Waals surface area contributed by atoms with Crippen molar-refractivity contribution in [1.82, 2.24) is 47.9 Å². The number of carbonyl (C=O) groups is 12. The number of Topliss-reactive ketones (excluding diaryl/α,β-unsaturated/α-hetero) is 2. The summed E-state index contributed by atoms with van der Waals surface area (Å²) in [4.78, 5) is 164. The van der Waals surface area contributed by atoms with E-state index in [0.717, 1.165) is 0 Å². The lowest BCUT2D eigenvalue weighted by molar-refractivity contribution is -0.193. The number of carboxylic acid groups (broad SMARTS) is 1. The molecule has 9 amide bonds. The van der Waals surface area contributed by atoms with E-state index in [4.69, 9.17) is 25.7 Å². The average Bonchev–Trinajstić information content (AvgIpc) is 0.753. The van der Waals surface area contributed by atoms with Gasteiger partial charge in [-0.2, -0.15) is 26.3 Å². The molecular weight excluding hydrogens is 1430 g/mol. The SMILES string of the molecule is CC[C@H](C)C(NC(=O)[C@@H](CCCN=C(N)N)NC(=O)[C@H](CC(C)C)NC(=O)[C@@H](NC(=O)OC(C)(C)C)[C@H](O)C(C)C)C(=O)N[C@H](C(=O)NCC(=O)N[C@@H](CC(=O)NC(c1ccccc1)(c1ccccc1)c1ccccc1)C(=O)N[C@@H](COC(C)(C)C)C(=O)O)[C@H](C)OC(C)(C)C.O=C(C(=O)C(F)(F)F)C(F)(F)F. The van der Waals surface area contributed by atoms with Crippen molar-refractivity contribution in [3.8, 4) is 0 Å². The highest BCUT2D eigenvalue weighted by atomic mass is 19.4. The summed E-state index contributed by atoms with van der Waals surface area (Å²) in [5, 5.41) is 45.1. The Morgan fingerprint density at radius 2 is 0.963 bits per heavy atom. The number of alkyl carbamates (subject to hydrolysis) is 1. The first-order chi connectivity index (χ1) is 49.7. The number of aliphatic hydroxyl groups excluding tert-OH is 1. The molecule has 0 aliphatic carbocycles. The van der Waals surface area contributed by atoms with Crippen LogP contribution in [0.3, 0.4) is 0 Å². The van der Waals surface area contributed by atoms with Crippen LogP contribution in [0.5, 0.6) is 0 Å². The molecule has 29 nitrogen and oxygen atoms in total. The molecule has 0 radical (unpaired) electrons. The minimum atomic E-state index is -5.77. The number of nitrogens with one attached hydrogen (secondary N) is 9. The van der Waals surface area contributed by atoms with E-state index >= 15 is 0 Å². The van der Waals surface area contributed by atoms with Crippen molar-refractivity contribution in [3.05, 3.63) is 108 Å². The smallest absolute Gasteiger partial charge is 0.458 e. The van der Waals surface area contributed by atoms with Gasteiger partial charge in [0.05, 0.1) is 43.0 Å². The van der Waals surface area contributed by atoms with Gasteiger partial charge in [0.2, 0.25) is 47.3 Å². The number of aliphatic hydroxyl groups is 1. The summed E-state index contributed by atoms with van der Waals surface area (Å²) in [6, 6.07) is 16.5. The van der Waals surface area contributed by atoms with E-state index < -0.39 is 191 Å². The van der Waals surface area contributed by atoms with Gasteiger partial charge in [-0.25, -0.2) is 9.59 Å². The van der Waals surface area contributed by atoms with E-state index in [1.807, 2.05) is 54.6 Å². The molecule has 0 aliphatic heterocycles. The van der Waals surface area contributed by atoms with Crippen LogP contribution in [0.25, 0.3) is 0 Å². The predicted molar refractivity (Wildman–Crippen MR) is 385 cm³/mol. The highest BCUT2D eigenvalue weighted by Crippen LogP contribution is 2.37. The number of aliphatic carboxylic acids is 1. The van der Waals surface area contributed by atoms with Crippen molar-refractivity contribution in [1.29, 1.82) is 0 Å². The van der Waals surface area contributed by atoms with Gasteiger partial charge in [0.25, 0.3) is 0 Å². The van der Waals surface area contributed by atoms with Gasteiger partial charge in [-0.3, -0.25) is 52.9 Å². The summed E-state index contributed by atoms with van der Waals surface area (Å²) < 4.78 is 84.2. The van der Waals surface area contributed by atoms with Crippen LogP contribution in [0.1, 0.15) is 160 Å². The molecule has 108 heavy (non-hydrogen) atoms. The van der Waals surface area contributed by atoms with Crippen molar-refractivity contribution >= 4 is 76.8 Å². The lowest BCUT2D eigenvalue weighted by Crippen LogP contribution is -2.62. The van der Waals surface area contributed by atoms with E-state index in [9.17, 15) is 94.1 Å². The minimum absolute atomic E-state index is 0.0232. The maximum atomic E-state index is 14.8. The first-order valence-electron chi connectivity index (χ1n) is 34.8. The number of rotatable bonds is 37. The van der Waals surface area contributed by atoms with E-state index in [0.29, 0.717) is 23.1 Å². The van der Waals surface area contributed by atoms with E-state index in [2.05, 4.69) is 52.8 Å². The zero-order chi connectivity index (χ0) is 82.6. The Balaban J connectivity index is 0.00000301. The van der Waals surface area contributed by atoms with Crippen molar-refractivity contribution in [2.24, 2.45) is 34.2 Å². The van der Waals surface area contributed by atoms with Crippen LogP contribution in [0, 0.1) is 17.8 Å².